The van der Waals surface area contributed by atoms with Crippen LogP contribution in [0.1, 0.15) is 36.5 Å². The first-order chi connectivity index (χ1) is 10.0. The number of aromatic nitrogens is 1. The summed E-state index contributed by atoms with van der Waals surface area (Å²) >= 11 is 1.72. The van der Waals surface area contributed by atoms with Gasteiger partial charge in [0.15, 0.2) is 0 Å². The minimum Gasteiger partial charge on any atom is -0.494 e. The fraction of sp³-hybridized carbons (Fsp3) is 0.471. The molecular weight excluding hydrogens is 280 g/mol. The largest absolute Gasteiger partial charge is 0.494 e. The molecule has 0 fully saturated rings. The molecule has 1 heterocycles. The fourth-order valence-corrected chi connectivity index (χ4v) is 3.06. The number of thiazole rings is 1. The topological polar surface area (TPSA) is 48.1 Å². The van der Waals surface area contributed by atoms with Gasteiger partial charge in [-0.1, -0.05) is 31.5 Å². The van der Waals surface area contributed by atoms with Crippen molar-refractivity contribution in [2.24, 2.45) is 5.73 Å². The van der Waals surface area contributed by atoms with E-state index in [-0.39, 0.29) is 5.41 Å². The lowest BCUT2D eigenvalue weighted by Gasteiger charge is -2.22. The highest BCUT2D eigenvalue weighted by Gasteiger charge is 2.24. The zero-order valence-corrected chi connectivity index (χ0v) is 13.9. The van der Waals surface area contributed by atoms with E-state index in [1.54, 1.807) is 11.3 Å². The van der Waals surface area contributed by atoms with Gasteiger partial charge in [0, 0.05) is 17.2 Å². The Labute approximate surface area is 131 Å². The Morgan fingerprint density at radius 1 is 1.24 bits per heavy atom. The summed E-state index contributed by atoms with van der Waals surface area (Å²) in [5.74, 6) is 0.930. The van der Waals surface area contributed by atoms with Crippen molar-refractivity contribution >= 4 is 11.3 Å². The first-order valence-electron chi connectivity index (χ1n) is 7.36. The van der Waals surface area contributed by atoms with Crippen LogP contribution >= 0.6 is 11.3 Å². The third-order valence-corrected chi connectivity index (χ3v) is 4.81. The Hall–Kier alpha value is -1.39. The number of hydrogen-bond donors (Lipinski definition) is 1. The first kappa shape index (κ1) is 16.0. The van der Waals surface area contributed by atoms with Crippen molar-refractivity contribution in [1.29, 1.82) is 0 Å². The molecule has 0 spiro atoms. The molecule has 2 rings (SSSR count). The molecule has 1 aromatic carbocycles. The molecule has 2 N–H and O–H groups in total. The Balaban J connectivity index is 1.89. The maximum atomic E-state index is 5.83. The fourth-order valence-electron chi connectivity index (χ4n) is 2.05. The second kappa shape index (κ2) is 7.05. The third-order valence-electron chi connectivity index (χ3n) is 3.55. The standard InChI is InChI=1S/C17H24N2OS/c1-13-4-6-15(7-5-13)20-11-9-17(2,3)16-19-14(8-10-18)12-21-16/h4-7,12H,8-11,18H2,1-3H3. The van der Waals surface area contributed by atoms with Crippen LogP contribution in [-0.2, 0) is 11.8 Å². The van der Waals surface area contributed by atoms with Crippen molar-refractivity contribution in [2.75, 3.05) is 13.2 Å². The molecule has 0 saturated carbocycles. The van der Waals surface area contributed by atoms with Crippen LogP contribution in [0.3, 0.4) is 0 Å². The summed E-state index contributed by atoms with van der Waals surface area (Å²) in [7, 11) is 0. The van der Waals surface area contributed by atoms with Crippen molar-refractivity contribution < 1.29 is 4.74 Å². The zero-order chi connectivity index (χ0) is 15.3. The van der Waals surface area contributed by atoms with Gasteiger partial charge in [-0.3, -0.25) is 0 Å². The van der Waals surface area contributed by atoms with Crippen molar-refractivity contribution in [3.8, 4) is 5.75 Å². The van der Waals surface area contributed by atoms with E-state index in [0.717, 1.165) is 24.3 Å². The molecule has 0 aliphatic heterocycles. The molecule has 0 aliphatic rings. The van der Waals surface area contributed by atoms with Gasteiger partial charge in [0.25, 0.3) is 0 Å². The molecule has 1 aromatic heterocycles. The molecular formula is C17H24N2OS. The molecule has 21 heavy (non-hydrogen) atoms. The minimum absolute atomic E-state index is 0.0300. The highest BCUT2D eigenvalue weighted by Crippen LogP contribution is 2.30. The molecule has 0 saturated heterocycles. The summed E-state index contributed by atoms with van der Waals surface area (Å²) in [6, 6.07) is 8.18. The Bertz CT molecular complexity index is 560. The van der Waals surface area contributed by atoms with Crippen molar-refractivity contribution in [1.82, 2.24) is 4.98 Å². The van der Waals surface area contributed by atoms with Crippen molar-refractivity contribution in [3.05, 3.63) is 45.9 Å². The van der Waals surface area contributed by atoms with E-state index in [4.69, 9.17) is 15.5 Å². The molecule has 0 radical (unpaired) electrons. The highest BCUT2D eigenvalue weighted by atomic mass is 32.1. The van der Waals surface area contributed by atoms with Gasteiger partial charge in [-0.25, -0.2) is 4.98 Å². The van der Waals surface area contributed by atoms with Gasteiger partial charge < -0.3 is 10.5 Å². The molecule has 0 amide bonds. The summed E-state index contributed by atoms with van der Waals surface area (Å²) in [6.07, 6.45) is 1.79. The van der Waals surface area contributed by atoms with E-state index in [2.05, 4.69) is 38.3 Å². The summed E-state index contributed by atoms with van der Waals surface area (Å²) < 4.78 is 5.83. The molecule has 0 aliphatic carbocycles. The Morgan fingerprint density at radius 2 is 1.95 bits per heavy atom. The monoisotopic (exact) mass is 304 g/mol. The normalized spacial score (nSPS) is 11.6. The third kappa shape index (κ3) is 4.55. The lowest BCUT2D eigenvalue weighted by atomic mass is 9.90. The highest BCUT2D eigenvalue weighted by molar-refractivity contribution is 7.09. The van der Waals surface area contributed by atoms with Gasteiger partial charge in [0.05, 0.1) is 17.3 Å². The van der Waals surface area contributed by atoms with E-state index in [9.17, 15) is 0 Å². The lowest BCUT2D eigenvalue weighted by Crippen LogP contribution is -2.20. The maximum Gasteiger partial charge on any atom is 0.119 e. The molecule has 0 atom stereocenters. The summed E-state index contributed by atoms with van der Waals surface area (Å²) in [6.45, 7) is 7.86. The summed E-state index contributed by atoms with van der Waals surface area (Å²) in [5.41, 5.74) is 7.96. The van der Waals surface area contributed by atoms with Crippen LogP contribution in [0.2, 0.25) is 0 Å². The number of aryl methyl sites for hydroxylation is 1. The molecule has 0 bridgehead atoms. The summed E-state index contributed by atoms with van der Waals surface area (Å²) in [5, 5.41) is 3.28. The van der Waals surface area contributed by atoms with Gasteiger partial charge in [0.2, 0.25) is 0 Å². The Morgan fingerprint density at radius 3 is 2.62 bits per heavy atom. The van der Waals surface area contributed by atoms with Gasteiger partial charge in [-0.05, 0) is 32.0 Å². The van der Waals surface area contributed by atoms with Crippen LogP contribution in [0.15, 0.2) is 29.6 Å². The van der Waals surface area contributed by atoms with E-state index in [1.165, 1.54) is 10.6 Å². The molecule has 3 nitrogen and oxygen atoms in total. The minimum atomic E-state index is 0.0300. The van der Waals surface area contributed by atoms with Crippen molar-refractivity contribution in [2.45, 2.75) is 39.0 Å². The number of nitrogens with two attached hydrogens (primary N) is 1. The average molecular weight is 304 g/mol. The Kier molecular flexibility index (Phi) is 5.37. The van der Waals surface area contributed by atoms with Crippen LogP contribution in [0.4, 0.5) is 0 Å². The SMILES string of the molecule is Cc1ccc(OCCC(C)(C)c2nc(CCN)cs2)cc1. The van der Waals surface area contributed by atoms with E-state index in [1.807, 2.05) is 12.1 Å². The second-order valence-electron chi connectivity index (χ2n) is 5.98. The zero-order valence-electron chi connectivity index (χ0n) is 13.1. The van der Waals surface area contributed by atoms with Gasteiger partial charge in [-0.15, -0.1) is 11.3 Å². The first-order valence-corrected chi connectivity index (χ1v) is 8.23. The van der Waals surface area contributed by atoms with Crippen LogP contribution in [-0.4, -0.2) is 18.1 Å². The predicted octanol–water partition coefficient (Wildman–Crippen LogP) is 3.70. The van der Waals surface area contributed by atoms with Crippen LogP contribution in [0, 0.1) is 6.92 Å². The maximum absolute atomic E-state index is 5.83. The molecule has 114 valence electrons. The van der Waals surface area contributed by atoms with Crippen LogP contribution < -0.4 is 10.5 Å². The second-order valence-corrected chi connectivity index (χ2v) is 6.84. The lowest BCUT2D eigenvalue weighted by molar-refractivity contribution is 0.272. The van der Waals surface area contributed by atoms with Gasteiger partial charge in [0.1, 0.15) is 5.75 Å². The van der Waals surface area contributed by atoms with E-state index < -0.39 is 0 Å². The number of hydrogen-bond acceptors (Lipinski definition) is 4. The molecule has 4 heteroatoms. The van der Waals surface area contributed by atoms with E-state index >= 15 is 0 Å². The van der Waals surface area contributed by atoms with Gasteiger partial charge in [-0.2, -0.15) is 0 Å². The number of rotatable bonds is 7. The smallest absolute Gasteiger partial charge is 0.119 e. The average Bonchev–Trinajstić information content (AvgIpc) is 2.91. The summed E-state index contributed by atoms with van der Waals surface area (Å²) in [4.78, 5) is 4.69. The van der Waals surface area contributed by atoms with Crippen LogP contribution in [0.25, 0.3) is 0 Å². The quantitative estimate of drug-likeness (QED) is 0.848. The number of ether oxygens (including phenoxy) is 1. The molecule has 0 unspecified atom stereocenters. The van der Waals surface area contributed by atoms with Gasteiger partial charge >= 0.3 is 0 Å². The predicted molar refractivity (Wildman–Crippen MR) is 89.2 cm³/mol. The van der Waals surface area contributed by atoms with E-state index in [0.29, 0.717) is 13.2 Å². The van der Waals surface area contributed by atoms with Crippen LogP contribution in [0.5, 0.6) is 5.75 Å². The van der Waals surface area contributed by atoms with Crippen molar-refractivity contribution in [3.63, 3.8) is 0 Å². The molecule has 2 aromatic rings. The number of benzene rings is 1. The number of nitrogens with zero attached hydrogens (tertiary/aromatic N) is 1.